The predicted octanol–water partition coefficient (Wildman–Crippen LogP) is 5.19. The lowest BCUT2D eigenvalue weighted by Crippen LogP contribution is -2.36. The minimum absolute atomic E-state index is 0.268. The van der Waals surface area contributed by atoms with Crippen molar-refractivity contribution in [3.05, 3.63) is 23.3 Å². The smallest absolute Gasteiger partial charge is 0.303 e. The molecule has 0 heterocycles. The molecule has 3 nitrogen and oxygen atoms in total. The van der Waals surface area contributed by atoms with Crippen molar-refractivity contribution in [2.75, 3.05) is 0 Å². The first-order chi connectivity index (χ1) is 11.5. The van der Waals surface area contributed by atoms with E-state index < -0.39 is 5.60 Å². The highest BCUT2D eigenvalue weighted by atomic mass is 16.5. The number of allylic oxidation sites excluding steroid dienone is 3. The Morgan fingerprint density at radius 2 is 2.00 bits per heavy atom. The highest BCUT2D eigenvalue weighted by molar-refractivity contribution is 5.66. The third-order valence-electron chi connectivity index (χ3n) is 6.25. The zero-order valence-electron chi connectivity index (χ0n) is 16.9. The van der Waals surface area contributed by atoms with Crippen molar-refractivity contribution in [2.45, 2.75) is 91.8 Å². The maximum absolute atomic E-state index is 11.4. The summed E-state index contributed by atoms with van der Waals surface area (Å²) in [4.78, 5) is 11.4. The van der Waals surface area contributed by atoms with Crippen LogP contribution in [0.5, 0.6) is 0 Å². The molecule has 3 heteroatoms. The van der Waals surface area contributed by atoms with Crippen molar-refractivity contribution in [3.63, 3.8) is 0 Å². The maximum Gasteiger partial charge on any atom is 0.303 e. The van der Waals surface area contributed by atoms with Crippen LogP contribution >= 0.6 is 0 Å². The first-order valence-corrected chi connectivity index (χ1v) is 9.74. The summed E-state index contributed by atoms with van der Waals surface area (Å²) in [5.74, 6) is 0.604. The van der Waals surface area contributed by atoms with E-state index in [9.17, 15) is 9.90 Å². The van der Waals surface area contributed by atoms with Crippen LogP contribution < -0.4 is 0 Å². The molecule has 0 aliphatic heterocycles. The molecular formula is C22H36O3. The average Bonchev–Trinajstić information content (AvgIpc) is 3.24. The first kappa shape index (κ1) is 20.2. The Morgan fingerprint density at radius 1 is 1.32 bits per heavy atom. The van der Waals surface area contributed by atoms with Crippen molar-refractivity contribution < 1.29 is 14.6 Å². The van der Waals surface area contributed by atoms with Crippen LogP contribution in [0.3, 0.4) is 0 Å². The average molecular weight is 349 g/mol. The molecule has 5 unspecified atom stereocenters. The van der Waals surface area contributed by atoms with Gasteiger partial charge < -0.3 is 9.84 Å². The van der Waals surface area contributed by atoms with Gasteiger partial charge in [0.2, 0.25) is 0 Å². The van der Waals surface area contributed by atoms with E-state index in [4.69, 9.17) is 4.74 Å². The van der Waals surface area contributed by atoms with E-state index in [1.165, 1.54) is 24.5 Å². The van der Waals surface area contributed by atoms with Crippen LogP contribution in [0.4, 0.5) is 0 Å². The van der Waals surface area contributed by atoms with Crippen LogP contribution in [0.15, 0.2) is 23.3 Å². The molecule has 0 amide bonds. The number of carbonyl (C=O) groups excluding carboxylic acids is 1. The molecule has 1 N–H and O–H groups in total. The quantitative estimate of drug-likeness (QED) is 0.562. The van der Waals surface area contributed by atoms with Gasteiger partial charge in [0.25, 0.3) is 0 Å². The van der Waals surface area contributed by atoms with Gasteiger partial charge in [0.15, 0.2) is 0 Å². The van der Waals surface area contributed by atoms with Crippen molar-refractivity contribution in [1.82, 2.24) is 0 Å². The number of ether oxygens (including phenoxy) is 1. The van der Waals surface area contributed by atoms with Crippen molar-refractivity contribution in [3.8, 4) is 0 Å². The Hall–Kier alpha value is -1.09. The standard InChI is InChI=1S/C22H36O3/c1-15(2)8-7-10-21(5)11-9-16(3)12-18(25-17(4)23)14-22(6,24)20-13-19(20)21/h8,12,18-20,24H,7,9-11,13-14H2,1-6H3. The molecule has 0 aromatic rings. The van der Waals surface area contributed by atoms with Crippen molar-refractivity contribution in [1.29, 1.82) is 0 Å². The summed E-state index contributed by atoms with van der Waals surface area (Å²) in [6, 6.07) is 0. The minimum atomic E-state index is -0.781. The fourth-order valence-electron chi connectivity index (χ4n) is 4.63. The highest BCUT2D eigenvalue weighted by Gasteiger charge is 2.57. The topological polar surface area (TPSA) is 46.5 Å². The van der Waals surface area contributed by atoms with Gasteiger partial charge in [-0.05, 0) is 83.1 Å². The Labute approximate surface area is 153 Å². The molecule has 0 aromatic carbocycles. The summed E-state index contributed by atoms with van der Waals surface area (Å²) in [7, 11) is 0. The van der Waals surface area contributed by atoms with Crippen molar-refractivity contribution >= 4 is 5.97 Å². The van der Waals surface area contributed by atoms with E-state index in [2.05, 4.69) is 39.8 Å². The summed E-state index contributed by atoms with van der Waals surface area (Å²) < 4.78 is 5.46. The van der Waals surface area contributed by atoms with Crippen LogP contribution in [-0.2, 0) is 9.53 Å². The fourth-order valence-corrected chi connectivity index (χ4v) is 4.63. The van der Waals surface area contributed by atoms with Gasteiger partial charge in [0, 0.05) is 13.3 Å². The fraction of sp³-hybridized carbons (Fsp3) is 0.773. The molecule has 2 aliphatic carbocycles. The maximum atomic E-state index is 11.4. The second-order valence-electron chi connectivity index (χ2n) is 9.15. The lowest BCUT2D eigenvalue weighted by Gasteiger charge is -2.35. The Morgan fingerprint density at radius 3 is 2.60 bits per heavy atom. The van der Waals surface area contributed by atoms with Crippen LogP contribution in [0.25, 0.3) is 0 Å². The number of carbonyl (C=O) groups is 1. The Kier molecular flexibility index (Phi) is 6.19. The summed E-state index contributed by atoms with van der Waals surface area (Å²) >= 11 is 0. The molecule has 0 radical (unpaired) electrons. The zero-order valence-corrected chi connectivity index (χ0v) is 16.9. The van der Waals surface area contributed by atoms with Gasteiger partial charge in [0.05, 0.1) is 5.60 Å². The van der Waals surface area contributed by atoms with E-state index in [0.717, 1.165) is 25.7 Å². The third-order valence-corrected chi connectivity index (χ3v) is 6.25. The molecule has 0 bridgehead atoms. The van der Waals surface area contributed by atoms with Crippen LogP contribution in [-0.4, -0.2) is 22.8 Å². The number of esters is 1. The molecule has 2 aliphatic rings. The predicted molar refractivity (Wildman–Crippen MR) is 102 cm³/mol. The minimum Gasteiger partial charge on any atom is -0.458 e. The lowest BCUT2D eigenvalue weighted by molar-refractivity contribution is -0.146. The Balaban J connectivity index is 2.20. The molecule has 25 heavy (non-hydrogen) atoms. The van der Waals surface area contributed by atoms with E-state index in [1.807, 2.05) is 6.92 Å². The van der Waals surface area contributed by atoms with Gasteiger partial charge in [0.1, 0.15) is 6.10 Å². The molecule has 0 spiro atoms. The molecule has 5 atom stereocenters. The van der Waals surface area contributed by atoms with Gasteiger partial charge in [-0.1, -0.05) is 24.1 Å². The zero-order chi connectivity index (χ0) is 18.8. The van der Waals surface area contributed by atoms with Crippen LogP contribution in [0.1, 0.15) is 80.1 Å². The number of rotatable bonds is 4. The third kappa shape index (κ3) is 5.44. The van der Waals surface area contributed by atoms with E-state index in [-0.39, 0.29) is 17.5 Å². The second kappa shape index (κ2) is 7.65. The van der Waals surface area contributed by atoms with E-state index in [1.54, 1.807) is 0 Å². The largest absolute Gasteiger partial charge is 0.458 e. The van der Waals surface area contributed by atoms with Crippen molar-refractivity contribution in [2.24, 2.45) is 17.3 Å². The number of hydrogen-bond acceptors (Lipinski definition) is 3. The lowest BCUT2D eigenvalue weighted by atomic mass is 9.72. The normalized spacial score (nSPS) is 38.2. The van der Waals surface area contributed by atoms with Gasteiger partial charge in [-0.2, -0.15) is 0 Å². The SMILES string of the molecule is CC(=O)OC1C=C(C)CCC(C)(CCC=C(C)C)C2CC2C(C)(O)C1. The highest BCUT2D eigenvalue weighted by Crippen LogP contribution is 2.60. The van der Waals surface area contributed by atoms with Crippen LogP contribution in [0, 0.1) is 17.3 Å². The molecular weight excluding hydrogens is 312 g/mol. The van der Waals surface area contributed by atoms with E-state index in [0.29, 0.717) is 18.3 Å². The van der Waals surface area contributed by atoms with E-state index >= 15 is 0 Å². The molecule has 142 valence electrons. The molecule has 0 saturated heterocycles. The second-order valence-corrected chi connectivity index (χ2v) is 9.15. The number of aliphatic hydroxyl groups is 1. The Bertz CT molecular complexity index is 554. The number of hydrogen-bond donors (Lipinski definition) is 1. The van der Waals surface area contributed by atoms with Crippen LogP contribution in [0.2, 0.25) is 0 Å². The summed E-state index contributed by atoms with van der Waals surface area (Å²) in [5.41, 5.74) is 2.12. The van der Waals surface area contributed by atoms with Gasteiger partial charge in [-0.15, -0.1) is 0 Å². The first-order valence-electron chi connectivity index (χ1n) is 9.74. The summed E-state index contributed by atoms with van der Waals surface area (Å²) in [6.45, 7) is 12.2. The summed E-state index contributed by atoms with van der Waals surface area (Å²) in [5, 5.41) is 11.1. The van der Waals surface area contributed by atoms with Gasteiger partial charge >= 0.3 is 5.97 Å². The van der Waals surface area contributed by atoms with Gasteiger partial charge in [-0.25, -0.2) is 0 Å². The molecule has 0 aromatic heterocycles. The van der Waals surface area contributed by atoms with Gasteiger partial charge in [-0.3, -0.25) is 4.79 Å². The molecule has 2 rings (SSSR count). The molecule has 1 saturated carbocycles. The molecule has 1 fully saturated rings. The summed E-state index contributed by atoms with van der Waals surface area (Å²) in [6.07, 6.45) is 10.1. The monoisotopic (exact) mass is 348 g/mol. The number of fused-ring (bicyclic) bond motifs is 1.